The zero-order chi connectivity index (χ0) is 28.8. The molecule has 3 heterocycles. The average Bonchev–Trinajstić information content (AvgIpc) is 3.55. The number of imide groups is 1. The summed E-state index contributed by atoms with van der Waals surface area (Å²) in [6, 6.07) is 11.9. The first-order chi connectivity index (χ1) is 19.7. The van der Waals surface area contributed by atoms with Crippen molar-refractivity contribution < 1.29 is 19.1 Å². The van der Waals surface area contributed by atoms with Crippen LogP contribution in [0.4, 0.5) is 0 Å². The third kappa shape index (κ3) is 5.05. The molecular formula is C29H26Cl3N5O4. The van der Waals surface area contributed by atoms with E-state index in [2.05, 4.69) is 10.3 Å². The predicted molar refractivity (Wildman–Crippen MR) is 152 cm³/mol. The van der Waals surface area contributed by atoms with Gasteiger partial charge in [0, 0.05) is 6.54 Å². The Morgan fingerprint density at radius 1 is 1.02 bits per heavy atom. The van der Waals surface area contributed by atoms with Gasteiger partial charge in [0.05, 0.1) is 64.5 Å². The van der Waals surface area contributed by atoms with Crippen molar-refractivity contribution >= 4 is 52.5 Å². The lowest BCUT2D eigenvalue weighted by atomic mass is 9.71. The number of rotatable bonds is 5. The van der Waals surface area contributed by atoms with Crippen LogP contribution in [0.15, 0.2) is 60.8 Å². The van der Waals surface area contributed by atoms with Crippen LogP contribution < -0.4 is 0 Å². The molecule has 1 aliphatic carbocycles. The number of ether oxygens (including phenoxy) is 1. The Morgan fingerprint density at radius 2 is 1.78 bits per heavy atom. The van der Waals surface area contributed by atoms with Crippen LogP contribution in [0.3, 0.4) is 0 Å². The van der Waals surface area contributed by atoms with E-state index in [1.54, 1.807) is 23.2 Å². The van der Waals surface area contributed by atoms with E-state index in [1.165, 1.54) is 15.6 Å². The van der Waals surface area contributed by atoms with Crippen LogP contribution in [0.5, 0.6) is 0 Å². The lowest BCUT2D eigenvalue weighted by Crippen LogP contribution is -2.51. The highest BCUT2D eigenvalue weighted by atomic mass is 35.5. The minimum Gasteiger partial charge on any atom is -0.377 e. The van der Waals surface area contributed by atoms with Crippen molar-refractivity contribution in [1.82, 2.24) is 24.8 Å². The first-order valence-corrected chi connectivity index (χ1v) is 14.4. The van der Waals surface area contributed by atoms with Gasteiger partial charge in [-0.05, 0) is 23.6 Å². The number of hydrogen-bond donors (Lipinski definition) is 0. The van der Waals surface area contributed by atoms with Crippen LogP contribution >= 0.6 is 34.8 Å². The quantitative estimate of drug-likeness (QED) is 0.234. The van der Waals surface area contributed by atoms with Gasteiger partial charge in [-0.15, -0.1) is 5.10 Å². The topological polar surface area (TPSA) is 97.6 Å². The zero-order valence-corrected chi connectivity index (χ0v) is 24.3. The Morgan fingerprint density at radius 3 is 2.56 bits per heavy atom. The summed E-state index contributed by atoms with van der Waals surface area (Å²) in [5, 5.41) is 9.49. The number of likely N-dealkylation sites (tertiary alicyclic amines) is 1. The summed E-state index contributed by atoms with van der Waals surface area (Å²) < 4.78 is 7.21. The summed E-state index contributed by atoms with van der Waals surface area (Å²) in [4.78, 5) is 44.3. The Bertz CT molecular complexity index is 1540. The van der Waals surface area contributed by atoms with Gasteiger partial charge in [0.25, 0.3) is 0 Å². The largest absolute Gasteiger partial charge is 0.377 e. The van der Waals surface area contributed by atoms with Gasteiger partial charge in [0.1, 0.15) is 11.7 Å². The second-order valence-electron chi connectivity index (χ2n) is 10.5. The van der Waals surface area contributed by atoms with Crippen LogP contribution in [0.2, 0.25) is 15.1 Å². The van der Waals surface area contributed by atoms with Gasteiger partial charge in [0.2, 0.25) is 17.7 Å². The van der Waals surface area contributed by atoms with Crippen molar-refractivity contribution in [3.05, 3.63) is 87.1 Å². The molecule has 0 bridgehead atoms. The highest BCUT2D eigenvalue weighted by Crippen LogP contribution is 2.43. The van der Waals surface area contributed by atoms with E-state index >= 15 is 0 Å². The van der Waals surface area contributed by atoms with Crippen molar-refractivity contribution in [3.63, 3.8) is 0 Å². The molecule has 12 heteroatoms. The molecule has 0 saturated carbocycles. The minimum atomic E-state index is -0.770. The SMILES string of the molecule is CC1C=CC2C(=O)N(Cc3ccccc3)C(=O)C2C1C(=O)N1CCOCC1c1cn(-c2cc(Cl)c(Cl)cc2Cl)nn1. The van der Waals surface area contributed by atoms with Gasteiger partial charge >= 0.3 is 0 Å². The number of fused-ring (bicyclic) bond motifs is 1. The standard InChI is InChI=1S/C29H26Cl3N5O4/c1-16-7-8-18-26(29(40)36(27(18)38)13-17-5-3-2-4-6-17)25(16)28(39)35-9-10-41-15-24(35)22-14-37(34-33-22)23-12-20(31)19(30)11-21(23)32/h2-8,11-12,14,16,18,24-26H,9-10,13,15H2,1H3. The fourth-order valence-corrected chi connectivity index (χ4v) is 6.56. The Labute approximate surface area is 251 Å². The second kappa shape index (κ2) is 11.2. The molecular weight excluding hydrogens is 589 g/mol. The van der Waals surface area contributed by atoms with Crippen LogP contribution in [-0.2, 0) is 25.7 Å². The fraction of sp³-hybridized carbons (Fsp3) is 0.345. The molecule has 212 valence electrons. The molecule has 0 N–H and O–H groups in total. The van der Waals surface area contributed by atoms with E-state index < -0.39 is 23.8 Å². The van der Waals surface area contributed by atoms with E-state index in [1.807, 2.05) is 43.3 Å². The third-order valence-corrected chi connectivity index (χ3v) is 9.06. The summed E-state index contributed by atoms with van der Waals surface area (Å²) in [5.41, 5.74) is 1.83. The molecule has 6 rings (SSSR count). The zero-order valence-electron chi connectivity index (χ0n) is 22.0. The number of aromatic nitrogens is 3. The van der Waals surface area contributed by atoms with Crippen molar-refractivity contribution in [1.29, 1.82) is 0 Å². The highest BCUT2D eigenvalue weighted by Gasteiger charge is 2.55. The van der Waals surface area contributed by atoms with Gasteiger partial charge < -0.3 is 9.64 Å². The molecule has 5 atom stereocenters. The number of hydrogen-bond acceptors (Lipinski definition) is 6. The van der Waals surface area contributed by atoms with Gasteiger partial charge in [-0.2, -0.15) is 0 Å². The van der Waals surface area contributed by atoms with Gasteiger partial charge in [0.15, 0.2) is 0 Å². The van der Waals surface area contributed by atoms with E-state index in [9.17, 15) is 14.4 Å². The number of nitrogens with zero attached hydrogens (tertiary/aromatic N) is 5. The van der Waals surface area contributed by atoms with Crippen LogP contribution in [0.25, 0.3) is 5.69 Å². The van der Waals surface area contributed by atoms with E-state index in [4.69, 9.17) is 39.5 Å². The molecule has 3 aromatic rings. The molecule has 0 radical (unpaired) electrons. The maximum atomic E-state index is 14.3. The Hall–Kier alpha value is -3.24. The monoisotopic (exact) mass is 613 g/mol. The van der Waals surface area contributed by atoms with Crippen molar-refractivity contribution in [3.8, 4) is 5.69 Å². The van der Waals surface area contributed by atoms with Crippen LogP contribution in [0, 0.1) is 23.7 Å². The van der Waals surface area contributed by atoms with Crippen molar-refractivity contribution in [2.45, 2.75) is 19.5 Å². The normalized spacial score (nSPS) is 26.0. The average molecular weight is 615 g/mol. The van der Waals surface area contributed by atoms with Crippen molar-refractivity contribution in [2.24, 2.45) is 23.7 Å². The number of carbonyl (C=O) groups is 3. The predicted octanol–water partition coefficient (Wildman–Crippen LogP) is 4.75. The lowest BCUT2D eigenvalue weighted by molar-refractivity contribution is -0.152. The molecule has 9 nitrogen and oxygen atoms in total. The van der Waals surface area contributed by atoms with E-state index in [0.717, 1.165) is 5.56 Å². The number of amides is 3. The summed E-state index contributed by atoms with van der Waals surface area (Å²) in [5.74, 6) is -3.20. The maximum Gasteiger partial charge on any atom is 0.237 e. The molecule has 2 fully saturated rings. The summed E-state index contributed by atoms with van der Waals surface area (Å²) in [6.07, 6.45) is 5.33. The van der Waals surface area contributed by atoms with Gasteiger partial charge in [-0.3, -0.25) is 19.3 Å². The van der Waals surface area contributed by atoms with Crippen molar-refractivity contribution in [2.75, 3.05) is 19.8 Å². The highest BCUT2D eigenvalue weighted by molar-refractivity contribution is 6.43. The second-order valence-corrected chi connectivity index (χ2v) is 11.7. The van der Waals surface area contributed by atoms with Gasteiger partial charge in [-0.1, -0.05) is 89.4 Å². The molecule has 2 aromatic carbocycles. The molecule has 3 amide bonds. The number of morpholine rings is 1. The Balaban J connectivity index is 1.28. The number of halogens is 3. The molecule has 2 saturated heterocycles. The summed E-state index contributed by atoms with van der Waals surface area (Å²) in [7, 11) is 0. The minimum absolute atomic E-state index is 0.176. The molecule has 5 unspecified atom stereocenters. The molecule has 2 aliphatic heterocycles. The van der Waals surface area contributed by atoms with Crippen LogP contribution in [0.1, 0.15) is 24.2 Å². The molecule has 41 heavy (non-hydrogen) atoms. The smallest absolute Gasteiger partial charge is 0.237 e. The van der Waals surface area contributed by atoms with Gasteiger partial charge in [-0.25, -0.2) is 4.68 Å². The Kier molecular flexibility index (Phi) is 7.63. The van der Waals surface area contributed by atoms with E-state index in [0.29, 0.717) is 39.6 Å². The first-order valence-electron chi connectivity index (χ1n) is 13.3. The molecule has 1 aromatic heterocycles. The molecule has 3 aliphatic rings. The van der Waals surface area contributed by atoms with E-state index in [-0.39, 0.29) is 36.8 Å². The summed E-state index contributed by atoms with van der Waals surface area (Å²) in [6.45, 7) is 2.94. The maximum absolute atomic E-state index is 14.3. The lowest BCUT2D eigenvalue weighted by Gasteiger charge is -2.40. The number of allylic oxidation sites excluding steroid dienone is 1. The summed E-state index contributed by atoms with van der Waals surface area (Å²) >= 11 is 18.6. The van der Waals surface area contributed by atoms with Crippen LogP contribution in [-0.4, -0.2) is 62.3 Å². The first kappa shape index (κ1) is 27.9. The number of benzene rings is 2. The third-order valence-electron chi connectivity index (χ3n) is 8.03. The molecule has 0 spiro atoms. The fourth-order valence-electron chi connectivity index (χ4n) is 5.94. The number of carbonyl (C=O) groups excluding carboxylic acids is 3.